The van der Waals surface area contributed by atoms with E-state index >= 15 is 0 Å². The molecule has 3 heteroatoms. The number of imidazole rings is 1. The number of hydrogen-bond donors (Lipinski definition) is 0. The van der Waals surface area contributed by atoms with Crippen LogP contribution in [0.2, 0.25) is 0 Å². The van der Waals surface area contributed by atoms with Gasteiger partial charge < -0.3 is 4.90 Å². The number of benzene rings is 11. The minimum Gasteiger partial charge on any atom is -0.310 e. The van der Waals surface area contributed by atoms with Crippen LogP contribution in [0.5, 0.6) is 0 Å². The van der Waals surface area contributed by atoms with Gasteiger partial charge >= 0.3 is 0 Å². The molecule has 3 nitrogen and oxygen atoms in total. The van der Waals surface area contributed by atoms with Crippen molar-refractivity contribution < 1.29 is 0 Å². The molecular formula is C62H43N3. The summed E-state index contributed by atoms with van der Waals surface area (Å²) >= 11 is 0. The molecule has 0 spiro atoms. The molecule has 11 aromatic carbocycles. The smallest absolute Gasteiger partial charge is 0.145 e. The van der Waals surface area contributed by atoms with Crippen LogP contribution in [0, 0.1) is 0 Å². The summed E-state index contributed by atoms with van der Waals surface area (Å²) in [6, 6.07) is 82.0. The van der Waals surface area contributed by atoms with E-state index in [9.17, 15) is 0 Å². The first-order chi connectivity index (χ1) is 32.0. The van der Waals surface area contributed by atoms with Gasteiger partial charge in [0, 0.05) is 33.7 Å². The van der Waals surface area contributed by atoms with E-state index in [4.69, 9.17) is 4.98 Å². The number of hydrogen-bond acceptors (Lipinski definition) is 2. The lowest BCUT2D eigenvalue weighted by molar-refractivity contribution is 0.660. The SMILES string of the molecule is CC1(C)c2cc(-c3ccc4ccc5c(-c6ccc(-c7nc8ccccc8n7-c7ccccc7)cc6)ccc6ccc3c4c65)ccc2-c2ccc(N(c3ccccc3)c3ccccc3)cc21. The molecule has 0 bridgehead atoms. The summed E-state index contributed by atoms with van der Waals surface area (Å²) in [6.07, 6.45) is 0. The standard InChI is InChI=1S/C62H43N3/c1-62(2)55-38-44(30-34-51(55)52-37-31-48(39-56(52)62)64(45-14-6-3-7-15-45)46-16-8-4-9-17-46)50-33-27-42-28-35-53-49(32-26-41-29-36-54(50)60(42)59(41)53)40-22-24-43(25-23-40)61-63-57-20-12-13-21-58(57)65(61)47-18-10-5-11-19-47/h3-39H,1-2H3. The van der Waals surface area contributed by atoms with Gasteiger partial charge in [-0.25, -0.2) is 4.98 Å². The Kier molecular flexibility index (Phi) is 8.25. The largest absolute Gasteiger partial charge is 0.310 e. The number of fused-ring (bicyclic) bond motifs is 4. The van der Waals surface area contributed by atoms with Crippen LogP contribution in [0.3, 0.4) is 0 Å². The van der Waals surface area contributed by atoms with Crippen molar-refractivity contribution in [1.29, 1.82) is 0 Å². The highest BCUT2D eigenvalue weighted by atomic mass is 15.1. The summed E-state index contributed by atoms with van der Waals surface area (Å²) in [7, 11) is 0. The zero-order valence-corrected chi connectivity index (χ0v) is 36.2. The first kappa shape index (κ1) is 37.3. The lowest BCUT2D eigenvalue weighted by atomic mass is 9.81. The Morgan fingerprint density at radius 2 is 0.892 bits per heavy atom. The van der Waals surface area contributed by atoms with Crippen LogP contribution in [0.25, 0.3) is 93.8 Å². The molecule has 0 aliphatic heterocycles. The average Bonchev–Trinajstić information content (AvgIpc) is 3.86. The zero-order chi connectivity index (χ0) is 43.2. The first-order valence-corrected chi connectivity index (χ1v) is 22.5. The van der Waals surface area contributed by atoms with Gasteiger partial charge in [0.2, 0.25) is 0 Å². The van der Waals surface area contributed by atoms with Crippen molar-refractivity contribution in [2.45, 2.75) is 19.3 Å². The monoisotopic (exact) mass is 829 g/mol. The molecule has 12 aromatic rings. The van der Waals surface area contributed by atoms with Crippen molar-refractivity contribution in [1.82, 2.24) is 9.55 Å². The topological polar surface area (TPSA) is 21.1 Å². The lowest BCUT2D eigenvalue weighted by Crippen LogP contribution is -2.16. The molecule has 65 heavy (non-hydrogen) atoms. The van der Waals surface area contributed by atoms with Crippen molar-refractivity contribution in [3.05, 3.63) is 236 Å². The third-order valence-corrected chi connectivity index (χ3v) is 14.0. The molecule has 306 valence electrons. The van der Waals surface area contributed by atoms with Crippen molar-refractivity contribution >= 4 is 60.4 Å². The minimum absolute atomic E-state index is 0.196. The molecule has 1 aliphatic carbocycles. The summed E-state index contributed by atoms with van der Waals surface area (Å²) in [5.41, 5.74) is 17.8. The van der Waals surface area contributed by atoms with E-state index < -0.39 is 0 Å². The van der Waals surface area contributed by atoms with E-state index in [0.29, 0.717) is 0 Å². The first-order valence-electron chi connectivity index (χ1n) is 22.5. The molecule has 0 fully saturated rings. The lowest BCUT2D eigenvalue weighted by Gasteiger charge is -2.28. The molecule has 0 unspecified atom stereocenters. The molecule has 1 aliphatic rings. The number of rotatable bonds is 7. The maximum absolute atomic E-state index is 5.13. The predicted molar refractivity (Wildman–Crippen MR) is 273 cm³/mol. The fourth-order valence-corrected chi connectivity index (χ4v) is 10.8. The van der Waals surface area contributed by atoms with Gasteiger partial charge in [0.15, 0.2) is 0 Å². The maximum Gasteiger partial charge on any atom is 0.145 e. The highest BCUT2D eigenvalue weighted by Crippen LogP contribution is 2.52. The zero-order valence-electron chi connectivity index (χ0n) is 36.2. The Balaban J connectivity index is 0.887. The molecular weight excluding hydrogens is 787 g/mol. The highest BCUT2D eigenvalue weighted by Gasteiger charge is 2.36. The van der Waals surface area contributed by atoms with Gasteiger partial charge in [0.1, 0.15) is 5.82 Å². The maximum atomic E-state index is 5.13. The second-order valence-corrected chi connectivity index (χ2v) is 17.9. The molecule has 0 saturated carbocycles. The summed E-state index contributed by atoms with van der Waals surface area (Å²) < 4.78 is 2.27. The van der Waals surface area contributed by atoms with E-state index in [1.54, 1.807) is 0 Å². The summed E-state index contributed by atoms with van der Waals surface area (Å²) in [5, 5.41) is 7.71. The van der Waals surface area contributed by atoms with Crippen molar-refractivity contribution in [3.8, 4) is 50.5 Å². The van der Waals surface area contributed by atoms with Crippen molar-refractivity contribution in [3.63, 3.8) is 0 Å². The van der Waals surface area contributed by atoms with E-state index in [1.807, 2.05) is 0 Å². The van der Waals surface area contributed by atoms with Crippen LogP contribution in [-0.2, 0) is 5.41 Å². The van der Waals surface area contributed by atoms with Gasteiger partial charge in [-0.3, -0.25) is 4.57 Å². The second kappa shape index (κ2) is 14.4. The quantitative estimate of drug-likeness (QED) is 0.149. The Hall–Kier alpha value is -8.27. The second-order valence-electron chi connectivity index (χ2n) is 17.9. The van der Waals surface area contributed by atoms with Gasteiger partial charge in [-0.05, 0) is 144 Å². The minimum atomic E-state index is -0.196. The van der Waals surface area contributed by atoms with E-state index in [2.05, 4.69) is 248 Å². The van der Waals surface area contributed by atoms with E-state index in [1.165, 1.54) is 76.8 Å². The summed E-state index contributed by atoms with van der Waals surface area (Å²) in [4.78, 5) is 7.49. The Morgan fingerprint density at radius 3 is 1.54 bits per heavy atom. The molecule has 1 aromatic heterocycles. The van der Waals surface area contributed by atoms with Gasteiger partial charge in [0.25, 0.3) is 0 Å². The van der Waals surface area contributed by atoms with Crippen LogP contribution in [0.4, 0.5) is 17.1 Å². The number of anilines is 3. The Morgan fingerprint density at radius 1 is 0.400 bits per heavy atom. The third-order valence-electron chi connectivity index (χ3n) is 14.0. The van der Waals surface area contributed by atoms with E-state index in [0.717, 1.165) is 45.2 Å². The molecule has 1 heterocycles. The number of aromatic nitrogens is 2. The Labute approximate surface area is 378 Å². The number of para-hydroxylation sites is 5. The van der Waals surface area contributed by atoms with Gasteiger partial charge in [-0.15, -0.1) is 0 Å². The molecule has 0 saturated heterocycles. The van der Waals surface area contributed by atoms with Crippen molar-refractivity contribution in [2.75, 3.05) is 4.90 Å². The molecule has 13 rings (SSSR count). The fraction of sp³-hybridized carbons (Fsp3) is 0.0484. The van der Waals surface area contributed by atoms with Crippen molar-refractivity contribution in [2.24, 2.45) is 0 Å². The molecule has 0 atom stereocenters. The molecule has 0 amide bonds. The van der Waals surface area contributed by atoms with Crippen LogP contribution < -0.4 is 4.90 Å². The van der Waals surface area contributed by atoms with Crippen LogP contribution in [-0.4, -0.2) is 9.55 Å². The number of nitrogens with zero attached hydrogens (tertiary/aromatic N) is 3. The van der Waals surface area contributed by atoms with E-state index in [-0.39, 0.29) is 5.41 Å². The highest BCUT2D eigenvalue weighted by molar-refractivity contribution is 6.27. The normalized spacial score (nSPS) is 12.9. The summed E-state index contributed by atoms with van der Waals surface area (Å²) in [6.45, 7) is 4.77. The van der Waals surface area contributed by atoms with Crippen LogP contribution in [0.1, 0.15) is 25.0 Å². The third kappa shape index (κ3) is 5.79. The Bertz CT molecular complexity index is 3730. The average molecular weight is 830 g/mol. The molecule has 0 radical (unpaired) electrons. The van der Waals surface area contributed by atoms with Crippen LogP contribution in [0.15, 0.2) is 224 Å². The summed E-state index contributed by atoms with van der Waals surface area (Å²) in [5.74, 6) is 0.938. The van der Waals surface area contributed by atoms with Gasteiger partial charge in [-0.1, -0.05) is 172 Å². The predicted octanol–water partition coefficient (Wildman–Crippen LogP) is 16.7. The van der Waals surface area contributed by atoms with Gasteiger partial charge in [0.05, 0.1) is 11.0 Å². The van der Waals surface area contributed by atoms with Gasteiger partial charge in [-0.2, -0.15) is 0 Å². The fourth-order valence-electron chi connectivity index (χ4n) is 10.8. The molecule has 0 N–H and O–H groups in total. The van der Waals surface area contributed by atoms with Crippen LogP contribution >= 0.6 is 0 Å².